The van der Waals surface area contributed by atoms with Crippen LogP contribution in [0.25, 0.3) is 10.8 Å². The third-order valence-electron chi connectivity index (χ3n) is 7.43. The van der Waals surface area contributed by atoms with E-state index in [1.807, 2.05) is 36.4 Å². The topological polar surface area (TPSA) is 70.5 Å². The van der Waals surface area contributed by atoms with Gasteiger partial charge in [0.05, 0.1) is 5.39 Å². The third-order valence-corrected chi connectivity index (χ3v) is 7.43. The Bertz CT molecular complexity index is 1300. The van der Waals surface area contributed by atoms with E-state index in [2.05, 4.69) is 54.9 Å². The number of rotatable bonds is 11. The minimum atomic E-state index is -0.0401. The van der Waals surface area contributed by atoms with E-state index >= 15 is 0 Å². The molecule has 3 aromatic rings. The molecule has 2 aromatic carbocycles. The molecule has 0 unspecified atom stereocenters. The van der Waals surface area contributed by atoms with Crippen LogP contribution in [-0.4, -0.2) is 53.3 Å². The van der Waals surface area contributed by atoms with Crippen LogP contribution in [0.4, 0.5) is 11.5 Å². The lowest BCUT2D eigenvalue weighted by Gasteiger charge is -2.32. The van der Waals surface area contributed by atoms with Gasteiger partial charge in [-0.05, 0) is 80.4 Å². The number of nitrogens with one attached hydrogen (secondary N) is 1. The first kappa shape index (κ1) is 28.8. The Morgan fingerprint density at radius 1 is 0.974 bits per heavy atom. The molecule has 0 atom stereocenters. The number of amides is 1. The summed E-state index contributed by atoms with van der Waals surface area (Å²) in [5, 5.41) is 9.55. The summed E-state index contributed by atoms with van der Waals surface area (Å²) in [6.45, 7) is 15.9. The summed E-state index contributed by atoms with van der Waals surface area (Å²) in [5.41, 5.74) is 2.17. The second-order valence-electron chi connectivity index (χ2n) is 11.9. The van der Waals surface area contributed by atoms with Gasteiger partial charge < -0.3 is 15.1 Å². The molecule has 7 heteroatoms. The van der Waals surface area contributed by atoms with E-state index in [-0.39, 0.29) is 11.5 Å². The Morgan fingerprint density at radius 2 is 1.64 bits per heavy atom. The largest absolute Gasteiger partial charge is 0.354 e. The van der Waals surface area contributed by atoms with Crippen molar-refractivity contribution in [2.45, 2.75) is 66.3 Å². The van der Waals surface area contributed by atoms with Crippen LogP contribution in [0.2, 0.25) is 0 Å². The van der Waals surface area contributed by atoms with E-state index in [1.54, 1.807) is 11.6 Å². The fourth-order valence-electron chi connectivity index (χ4n) is 5.74. The van der Waals surface area contributed by atoms with Crippen LogP contribution in [-0.2, 0) is 11.3 Å². The quantitative estimate of drug-likeness (QED) is 0.342. The van der Waals surface area contributed by atoms with Crippen molar-refractivity contribution in [1.82, 2.24) is 14.7 Å². The number of hydrogen-bond donors (Lipinski definition) is 1. The molecule has 2 heterocycles. The Labute approximate surface area is 233 Å². The van der Waals surface area contributed by atoms with E-state index in [1.165, 1.54) is 5.56 Å². The SMILES string of the molecule is CC(=O)Nc1cccc(C2CCN(CCCn3nc(N(CC(C)C)CC(C)C)c4ccccc4c3=O)CC2)c1. The summed E-state index contributed by atoms with van der Waals surface area (Å²) in [5.74, 6) is 2.40. The molecule has 7 nitrogen and oxygen atoms in total. The lowest BCUT2D eigenvalue weighted by molar-refractivity contribution is -0.114. The fraction of sp³-hybridized carbons (Fsp3) is 0.531. The van der Waals surface area contributed by atoms with Gasteiger partial charge in [-0.2, -0.15) is 5.10 Å². The average Bonchev–Trinajstić information content (AvgIpc) is 2.89. The predicted octanol–water partition coefficient (Wildman–Crippen LogP) is 5.74. The van der Waals surface area contributed by atoms with Gasteiger partial charge in [0.25, 0.3) is 5.56 Å². The number of fused-ring (bicyclic) bond motifs is 1. The fourth-order valence-corrected chi connectivity index (χ4v) is 5.74. The Morgan fingerprint density at radius 3 is 2.28 bits per heavy atom. The van der Waals surface area contributed by atoms with E-state index in [0.29, 0.717) is 24.3 Å². The molecule has 0 radical (unpaired) electrons. The summed E-state index contributed by atoms with van der Waals surface area (Å²) in [6.07, 6.45) is 3.09. The zero-order valence-corrected chi connectivity index (χ0v) is 24.3. The van der Waals surface area contributed by atoms with E-state index in [4.69, 9.17) is 5.10 Å². The van der Waals surface area contributed by atoms with Gasteiger partial charge in [0.1, 0.15) is 0 Å². The summed E-state index contributed by atoms with van der Waals surface area (Å²) >= 11 is 0. The first-order valence-corrected chi connectivity index (χ1v) is 14.6. The first-order valence-electron chi connectivity index (χ1n) is 14.6. The van der Waals surface area contributed by atoms with Crippen LogP contribution in [0.3, 0.4) is 0 Å². The van der Waals surface area contributed by atoms with Crippen LogP contribution >= 0.6 is 0 Å². The third kappa shape index (κ3) is 7.69. The highest BCUT2D eigenvalue weighted by molar-refractivity contribution is 5.91. The summed E-state index contributed by atoms with van der Waals surface area (Å²) < 4.78 is 1.70. The molecular formula is C32H45N5O2. The molecule has 0 bridgehead atoms. The predicted molar refractivity (Wildman–Crippen MR) is 162 cm³/mol. The van der Waals surface area contributed by atoms with E-state index < -0.39 is 0 Å². The normalized spacial score (nSPS) is 14.8. The Kier molecular flexibility index (Phi) is 9.78. The van der Waals surface area contributed by atoms with Crippen LogP contribution in [0.1, 0.15) is 65.4 Å². The summed E-state index contributed by atoms with van der Waals surface area (Å²) in [7, 11) is 0. The number of anilines is 2. The van der Waals surface area contributed by atoms with Gasteiger partial charge in [0, 0.05) is 37.6 Å². The van der Waals surface area contributed by atoms with Crippen molar-refractivity contribution in [2.24, 2.45) is 11.8 Å². The van der Waals surface area contributed by atoms with Gasteiger partial charge in [0.15, 0.2) is 5.82 Å². The van der Waals surface area contributed by atoms with Crippen LogP contribution in [0.15, 0.2) is 53.3 Å². The smallest absolute Gasteiger partial charge is 0.274 e. The van der Waals surface area contributed by atoms with Gasteiger partial charge in [-0.3, -0.25) is 9.59 Å². The number of nitrogens with zero attached hydrogens (tertiary/aromatic N) is 4. The van der Waals surface area contributed by atoms with Crippen molar-refractivity contribution < 1.29 is 4.79 Å². The molecule has 0 spiro atoms. The second kappa shape index (κ2) is 13.2. The van der Waals surface area contributed by atoms with Gasteiger partial charge in [-0.15, -0.1) is 0 Å². The molecule has 1 fully saturated rings. The maximum Gasteiger partial charge on any atom is 0.274 e. The highest BCUT2D eigenvalue weighted by atomic mass is 16.1. The number of carbonyl (C=O) groups excluding carboxylic acids is 1. The summed E-state index contributed by atoms with van der Waals surface area (Å²) in [6, 6.07) is 16.2. The van der Waals surface area contributed by atoms with Gasteiger partial charge >= 0.3 is 0 Å². The lowest BCUT2D eigenvalue weighted by atomic mass is 9.89. The number of likely N-dealkylation sites (tertiary alicyclic amines) is 1. The summed E-state index contributed by atoms with van der Waals surface area (Å²) in [4.78, 5) is 29.7. The van der Waals surface area contributed by atoms with Gasteiger partial charge in [-0.25, -0.2) is 4.68 Å². The van der Waals surface area contributed by atoms with Crippen molar-refractivity contribution >= 4 is 28.2 Å². The molecular weight excluding hydrogens is 486 g/mol. The molecule has 1 N–H and O–H groups in total. The zero-order chi connectivity index (χ0) is 27.9. The zero-order valence-electron chi connectivity index (χ0n) is 24.3. The number of benzene rings is 2. The number of hydrogen-bond acceptors (Lipinski definition) is 5. The number of piperidine rings is 1. The minimum absolute atomic E-state index is 0.00107. The van der Waals surface area contributed by atoms with Crippen molar-refractivity contribution in [3.63, 3.8) is 0 Å². The monoisotopic (exact) mass is 531 g/mol. The van der Waals surface area contributed by atoms with E-state index in [9.17, 15) is 9.59 Å². The molecule has 1 aliphatic rings. The molecule has 39 heavy (non-hydrogen) atoms. The van der Waals surface area contributed by atoms with E-state index in [0.717, 1.165) is 74.3 Å². The van der Waals surface area contributed by atoms with Crippen LogP contribution in [0.5, 0.6) is 0 Å². The maximum atomic E-state index is 13.4. The molecule has 0 saturated carbocycles. The first-order chi connectivity index (χ1) is 18.7. The average molecular weight is 532 g/mol. The maximum absolute atomic E-state index is 13.4. The van der Waals surface area contributed by atoms with Gasteiger partial charge in [-0.1, -0.05) is 58.0 Å². The van der Waals surface area contributed by atoms with Crippen molar-refractivity contribution in [1.29, 1.82) is 0 Å². The van der Waals surface area contributed by atoms with Crippen LogP contribution < -0.4 is 15.8 Å². The molecule has 1 aromatic heterocycles. The highest BCUT2D eigenvalue weighted by Gasteiger charge is 2.22. The highest BCUT2D eigenvalue weighted by Crippen LogP contribution is 2.30. The van der Waals surface area contributed by atoms with Crippen LogP contribution in [0, 0.1) is 11.8 Å². The standard InChI is InChI=1S/C32H45N5O2/c1-23(2)21-36(22-24(3)4)31-29-12-6-7-13-30(29)32(39)37(34-31)17-9-16-35-18-14-26(15-19-35)27-10-8-11-28(20-27)33-25(5)38/h6-8,10-13,20,23-24,26H,9,14-19,21-22H2,1-5H3,(H,33,38). The Balaban J connectivity index is 1.41. The molecule has 210 valence electrons. The van der Waals surface area contributed by atoms with Crippen molar-refractivity contribution in [2.75, 3.05) is 42.9 Å². The number of aryl methyl sites for hydroxylation is 1. The molecule has 1 aliphatic heterocycles. The lowest BCUT2D eigenvalue weighted by Crippen LogP contribution is -2.36. The molecule has 1 saturated heterocycles. The number of aromatic nitrogens is 2. The molecule has 0 aliphatic carbocycles. The minimum Gasteiger partial charge on any atom is -0.354 e. The second-order valence-corrected chi connectivity index (χ2v) is 11.9. The number of carbonyl (C=O) groups is 1. The van der Waals surface area contributed by atoms with Crippen molar-refractivity contribution in [3.05, 3.63) is 64.4 Å². The molecule has 4 rings (SSSR count). The van der Waals surface area contributed by atoms with Crippen molar-refractivity contribution in [3.8, 4) is 0 Å². The Hall–Kier alpha value is -3.19. The molecule has 1 amide bonds. The van der Waals surface area contributed by atoms with Gasteiger partial charge in [0.2, 0.25) is 5.91 Å².